The molecule has 0 radical (unpaired) electrons. The monoisotopic (exact) mass is 375 g/mol. The van der Waals surface area contributed by atoms with Crippen LogP contribution < -0.4 is 10.6 Å². The van der Waals surface area contributed by atoms with Crippen molar-refractivity contribution in [3.05, 3.63) is 29.3 Å². The van der Waals surface area contributed by atoms with Gasteiger partial charge in [0.2, 0.25) is 0 Å². The maximum Gasteiger partial charge on any atom is 0.327 e. The van der Waals surface area contributed by atoms with Crippen LogP contribution in [0.5, 0.6) is 0 Å². The van der Waals surface area contributed by atoms with E-state index >= 15 is 0 Å². The van der Waals surface area contributed by atoms with Crippen LogP contribution in [0.25, 0.3) is 0 Å². The third-order valence-corrected chi connectivity index (χ3v) is 4.67. The van der Waals surface area contributed by atoms with Crippen molar-refractivity contribution in [1.82, 2.24) is 10.2 Å². The van der Waals surface area contributed by atoms with E-state index in [1.165, 1.54) is 6.92 Å². The van der Waals surface area contributed by atoms with Crippen LogP contribution in [-0.4, -0.2) is 46.9 Å². The average Bonchev–Trinajstić information content (AvgIpc) is 2.81. The van der Waals surface area contributed by atoms with E-state index in [1.54, 1.807) is 13.8 Å². The van der Waals surface area contributed by atoms with E-state index in [4.69, 9.17) is 4.74 Å². The minimum atomic E-state index is -1.07. The molecule has 1 heterocycles. The number of esters is 1. The topological polar surface area (TPSA) is 105 Å². The molecule has 2 N–H and O–H groups in total. The summed E-state index contributed by atoms with van der Waals surface area (Å²) in [6.45, 7) is 8.01. The van der Waals surface area contributed by atoms with E-state index < -0.39 is 42.0 Å². The highest BCUT2D eigenvalue weighted by Gasteiger charge is 2.47. The first-order valence-electron chi connectivity index (χ1n) is 8.79. The Morgan fingerprint density at radius 1 is 1.30 bits per heavy atom. The number of aryl methyl sites for hydroxylation is 2. The number of urea groups is 1. The number of amides is 4. The molecule has 1 saturated heterocycles. The lowest BCUT2D eigenvalue weighted by atomic mass is 9.99. The van der Waals surface area contributed by atoms with Gasteiger partial charge in [-0.2, -0.15) is 0 Å². The molecule has 146 valence electrons. The number of ether oxygens (including phenoxy) is 1. The van der Waals surface area contributed by atoms with Crippen molar-refractivity contribution in [2.75, 3.05) is 11.9 Å². The lowest BCUT2D eigenvalue weighted by Crippen LogP contribution is -2.44. The van der Waals surface area contributed by atoms with Crippen molar-refractivity contribution in [3.63, 3.8) is 0 Å². The number of carbonyl (C=O) groups is 4. The summed E-state index contributed by atoms with van der Waals surface area (Å²) < 4.78 is 5.09. The first kappa shape index (κ1) is 20.4. The minimum absolute atomic E-state index is 0.401. The molecule has 0 unspecified atom stereocenters. The predicted molar refractivity (Wildman–Crippen MR) is 99.0 cm³/mol. The van der Waals surface area contributed by atoms with Crippen LogP contribution in [0.3, 0.4) is 0 Å². The zero-order valence-corrected chi connectivity index (χ0v) is 16.2. The molecule has 0 aliphatic carbocycles. The molecule has 1 fully saturated rings. The summed E-state index contributed by atoms with van der Waals surface area (Å²) in [5, 5.41) is 5.27. The summed E-state index contributed by atoms with van der Waals surface area (Å²) in [5.41, 5.74) is 1.47. The molecule has 0 spiro atoms. The Hall–Kier alpha value is -2.90. The fraction of sp³-hybridized carbons (Fsp3) is 0.474. The van der Waals surface area contributed by atoms with Gasteiger partial charge in [-0.25, -0.2) is 4.79 Å². The Morgan fingerprint density at radius 3 is 2.56 bits per heavy atom. The van der Waals surface area contributed by atoms with E-state index in [2.05, 4.69) is 10.6 Å². The first-order valence-corrected chi connectivity index (χ1v) is 8.79. The number of rotatable bonds is 6. The van der Waals surface area contributed by atoms with E-state index in [9.17, 15) is 19.2 Å². The second-order valence-electron chi connectivity index (χ2n) is 6.95. The van der Waals surface area contributed by atoms with Crippen molar-refractivity contribution in [2.45, 2.75) is 52.7 Å². The second kappa shape index (κ2) is 7.77. The number of benzene rings is 1. The molecule has 1 aliphatic rings. The number of imide groups is 1. The molecule has 4 amide bonds. The van der Waals surface area contributed by atoms with Crippen LogP contribution in [0.1, 0.15) is 38.3 Å². The second-order valence-corrected chi connectivity index (χ2v) is 6.95. The highest BCUT2D eigenvalue weighted by molar-refractivity contribution is 6.08. The van der Waals surface area contributed by atoms with Crippen LogP contribution in [0.2, 0.25) is 0 Å². The zero-order valence-electron chi connectivity index (χ0n) is 16.2. The number of nitrogens with one attached hydrogen (secondary N) is 2. The van der Waals surface area contributed by atoms with Crippen LogP contribution >= 0.6 is 0 Å². The zero-order chi connectivity index (χ0) is 20.4. The van der Waals surface area contributed by atoms with E-state index in [0.29, 0.717) is 12.1 Å². The molecule has 0 bridgehead atoms. The molecule has 0 saturated carbocycles. The molecular weight excluding hydrogens is 350 g/mol. The molecule has 1 aromatic rings. The quantitative estimate of drug-likeness (QED) is 0.584. The Bertz CT molecular complexity index is 792. The molecule has 2 rings (SSSR count). The normalized spacial score (nSPS) is 20.3. The van der Waals surface area contributed by atoms with Crippen molar-refractivity contribution >= 4 is 29.5 Å². The van der Waals surface area contributed by atoms with Gasteiger partial charge in [0.05, 0.1) is 0 Å². The largest absolute Gasteiger partial charge is 0.451 e. The molecule has 27 heavy (non-hydrogen) atoms. The highest BCUT2D eigenvalue weighted by Crippen LogP contribution is 2.21. The van der Waals surface area contributed by atoms with E-state index in [1.807, 2.05) is 32.0 Å². The SMILES string of the molecule is CC[C@]1(C)NC(=O)N(CC(=O)O[C@@H](C)C(=O)Nc2cc(C)ccc2C)C1=O. The number of hydrogen-bond acceptors (Lipinski definition) is 5. The molecule has 8 heteroatoms. The van der Waals surface area contributed by atoms with Gasteiger partial charge < -0.3 is 15.4 Å². The van der Waals surface area contributed by atoms with E-state index in [0.717, 1.165) is 16.0 Å². The summed E-state index contributed by atoms with van der Waals surface area (Å²) in [7, 11) is 0. The number of carbonyl (C=O) groups excluding carboxylic acids is 4. The summed E-state index contributed by atoms with van der Waals surface area (Å²) in [6, 6.07) is 4.98. The Labute approximate surface area is 158 Å². The van der Waals surface area contributed by atoms with Crippen LogP contribution in [0.4, 0.5) is 10.5 Å². The molecular formula is C19H25N3O5. The van der Waals surface area contributed by atoms with Gasteiger partial charge >= 0.3 is 12.0 Å². The standard InChI is InChI=1S/C19H25N3O5/c1-6-19(5)17(25)22(18(26)21-19)10-15(23)27-13(4)16(24)20-14-9-11(2)7-8-12(14)3/h7-9,13H,6,10H2,1-5H3,(H,20,24)(H,21,26)/t13-,19-/m0/s1. The summed E-state index contributed by atoms with van der Waals surface area (Å²) >= 11 is 0. The summed E-state index contributed by atoms with van der Waals surface area (Å²) in [5.74, 6) is -1.81. The van der Waals surface area contributed by atoms with Gasteiger partial charge in [-0.3, -0.25) is 19.3 Å². The Balaban J connectivity index is 1.95. The number of nitrogens with zero attached hydrogens (tertiary/aromatic N) is 1. The smallest absolute Gasteiger partial charge is 0.327 e. The van der Waals surface area contributed by atoms with Crippen LogP contribution in [-0.2, 0) is 19.1 Å². The van der Waals surface area contributed by atoms with Crippen molar-refractivity contribution in [3.8, 4) is 0 Å². The fourth-order valence-electron chi connectivity index (χ4n) is 2.65. The van der Waals surface area contributed by atoms with Crippen molar-refractivity contribution in [1.29, 1.82) is 0 Å². The molecule has 1 aromatic carbocycles. The molecule has 1 aliphatic heterocycles. The maximum atomic E-state index is 12.3. The van der Waals surface area contributed by atoms with Gasteiger partial charge in [0.1, 0.15) is 12.1 Å². The Kier molecular flexibility index (Phi) is 5.88. The van der Waals surface area contributed by atoms with Crippen molar-refractivity contribution in [2.24, 2.45) is 0 Å². The van der Waals surface area contributed by atoms with Gasteiger partial charge in [-0.05, 0) is 51.3 Å². The third-order valence-electron chi connectivity index (χ3n) is 4.67. The predicted octanol–water partition coefficient (Wildman–Crippen LogP) is 1.89. The van der Waals surface area contributed by atoms with Gasteiger partial charge in [0, 0.05) is 5.69 Å². The lowest BCUT2D eigenvalue weighted by molar-refractivity contribution is -0.155. The maximum absolute atomic E-state index is 12.3. The fourth-order valence-corrected chi connectivity index (χ4v) is 2.65. The summed E-state index contributed by atoms with van der Waals surface area (Å²) in [4.78, 5) is 49.4. The summed E-state index contributed by atoms with van der Waals surface area (Å²) in [6.07, 6.45) is -0.673. The van der Waals surface area contributed by atoms with Gasteiger partial charge in [0.25, 0.3) is 11.8 Å². The molecule has 0 aromatic heterocycles. The third kappa shape index (κ3) is 4.45. The highest BCUT2D eigenvalue weighted by atomic mass is 16.5. The molecule has 8 nitrogen and oxygen atoms in total. The lowest BCUT2D eigenvalue weighted by Gasteiger charge is -2.19. The first-order chi connectivity index (χ1) is 12.6. The molecule has 2 atom stereocenters. The van der Waals surface area contributed by atoms with Crippen LogP contribution in [0.15, 0.2) is 18.2 Å². The number of anilines is 1. The average molecular weight is 375 g/mol. The Morgan fingerprint density at radius 2 is 1.96 bits per heavy atom. The van der Waals surface area contributed by atoms with Gasteiger partial charge in [-0.1, -0.05) is 19.1 Å². The van der Waals surface area contributed by atoms with Gasteiger partial charge in [-0.15, -0.1) is 0 Å². The van der Waals surface area contributed by atoms with Crippen molar-refractivity contribution < 1.29 is 23.9 Å². The van der Waals surface area contributed by atoms with Crippen LogP contribution in [0, 0.1) is 13.8 Å². The van der Waals surface area contributed by atoms with E-state index in [-0.39, 0.29) is 0 Å². The van der Waals surface area contributed by atoms with Gasteiger partial charge in [0.15, 0.2) is 6.10 Å². The number of hydrogen-bond donors (Lipinski definition) is 2. The minimum Gasteiger partial charge on any atom is -0.451 e.